The Morgan fingerprint density at radius 3 is 1.29 bits per heavy atom. The van der Waals surface area contributed by atoms with Crippen LogP contribution >= 0.6 is 7.92 Å². The van der Waals surface area contributed by atoms with E-state index in [1.807, 2.05) is 0 Å². The zero-order valence-electron chi connectivity index (χ0n) is 22.5. The molecule has 1 radical (unpaired) electrons. The summed E-state index contributed by atoms with van der Waals surface area (Å²) in [4.78, 5) is 0. The van der Waals surface area contributed by atoms with Crippen LogP contribution in [0.3, 0.4) is 0 Å². The van der Waals surface area contributed by atoms with Crippen LogP contribution in [0, 0.1) is 0 Å². The van der Waals surface area contributed by atoms with E-state index in [1.165, 1.54) is 44.5 Å². The van der Waals surface area contributed by atoms with Gasteiger partial charge in [-0.3, -0.25) is 0 Å². The molecule has 0 atom stereocenters. The predicted molar refractivity (Wildman–Crippen MR) is 165 cm³/mol. The maximum absolute atomic E-state index is 2.39. The van der Waals surface area contributed by atoms with Crippen molar-refractivity contribution in [1.29, 1.82) is 0 Å². The molecule has 0 N–H and O–H groups in total. The fourth-order valence-electron chi connectivity index (χ4n) is 4.37. The van der Waals surface area contributed by atoms with Gasteiger partial charge in [-0.2, -0.15) is 0 Å². The minimum atomic E-state index is 0. The fourth-order valence-corrected chi connectivity index (χ4v) is 4.37. The number of hydrogen-bond acceptors (Lipinski definition) is 0. The van der Waals surface area contributed by atoms with Crippen LogP contribution in [-0.4, -0.2) is 20.0 Å². The second kappa shape index (κ2) is 15.3. The van der Waals surface area contributed by atoms with Crippen molar-refractivity contribution < 1.29 is 18.6 Å². The van der Waals surface area contributed by atoms with Gasteiger partial charge in [0.15, 0.2) is 0 Å². The van der Waals surface area contributed by atoms with Crippen molar-refractivity contribution in [3.63, 3.8) is 0 Å². The second-order valence-electron chi connectivity index (χ2n) is 9.48. The van der Waals surface area contributed by atoms with Crippen LogP contribution in [0.1, 0.15) is 28.7 Å². The topological polar surface area (TPSA) is 0 Å². The van der Waals surface area contributed by atoms with E-state index in [4.69, 9.17) is 0 Å². The van der Waals surface area contributed by atoms with Gasteiger partial charge in [0.1, 0.15) is 0 Å². The van der Waals surface area contributed by atoms with Crippen molar-refractivity contribution in [2.24, 2.45) is 0 Å². The summed E-state index contributed by atoms with van der Waals surface area (Å²) in [5.74, 6) is 0. The van der Waals surface area contributed by atoms with E-state index in [-0.39, 0.29) is 18.6 Å². The predicted octanol–water partition coefficient (Wildman–Crippen LogP) is 9.86. The van der Waals surface area contributed by atoms with Crippen LogP contribution in [-0.2, 0) is 18.6 Å². The molecule has 0 aliphatic heterocycles. The molecule has 0 nitrogen and oxygen atoms in total. The Bertz CT molecular complexity index is 1300. The molecule has 0 unspecified atom stereocenters. The van der Waals surface area contributed by atoms with Gasteiger partial charge in [-0.05, 0) is 77.0 Å². The largest absolute Gasteiger partial charge is 0.116 e. The molecule has 0 spiro atoms. The van der Waals surface area contributed by atoms with E-state index in [2.05, 4.69) is 166 Å². The van der Waals surface area contributed by atoms with E-state index >= 15 is 0 Å². The van der Waals surface area contributed by atoms with Gasteiger partial charge in [0.05, 0.1) is 0 Å². The molecule has 1 aliphatic carbocycles. The van der Waals surface area contributed by atoms with Gasteiger partial charge in [0, 0.05) is 18.6 Å². The minimum Gasteiger partial charge on any atom is -0.116 e. The first-order valence-electron chi connectivity index (χ1n) is 12.8. The standard InChI is InChI=1S/C33H26.C3H9P.V/c1-5-15-26(16-6-1)31(27-17-7-2-8-18-27)25-32(28-19-13-14-20-28)33(29-21-9-3-10-22-29)30-23-11-4-12-24-30;1-4(2)3;/h1-19,21-25H,20H2;1-3H3;. The van der Waals surface area contributed by atoms with Gasteiger partial charge >= 0.3 is 0 Å². The van der Waals surface area contributed by atoms with Crippen LogP contribution in [0.25, 0.3) is 11.1 Å². The maximum atomic E-state index is 2.39. The van der Waals surface area contributed by atoms with E-state index < -0.39 is 0 Å². The fraction of sp³-hybridized carbons (Fsp3) is 0.111. The average Bonchev–Trinajstić information content (AvgIpc) is 3.48. The summed E-state index contributed by atoms with van der Waals surface area (Å²) < 4.78 is 0. The Morgan fingerprint density at radius 2 is 0.947 bits per heavy atom. The van der Waals surface area contributed by atoms with Crippen LogP contribution in [0.4, 0.5) is 0 Å². The SMILES string of the molecule is C1=CCC(C(C=C(c2ccccc2)c2ccccc2)=C(c2ccccc2)c2ccccc2)=C1.CP(C)C.[V]. The van der Waals surface area contributed by atoms with E-state index in [0.29, 0.717) is 7.92 Å². The molecule has 0 amide bonds. The first-order chi connectivity index (χ1) is 18.1. The molecule has 0 bridgehead atoms. The summed E-state index contributed by atoms with van der Waals surface area (Å²) in [6.45, 7) is 6.69. The zero-order chi connectivity index (χ0) is 25.9. The first-order valence-corrected chi connectivity index (χ1v) is 15.5. The summed E-state index contributed by atoms with van der Waals surface area (Å²) in [6, 6.07) is 42.9. The van der Waals surface area contributed by atoms with Gasteiger partial charge in [-0.1, -0.05) is 140 Å². The molecule has 0 heterocycles. The molecule has 0 saturated heterocycles. The zero-order valence-corrected chi connectivity index (χ0v) is 24.7. The molecule has 2 heteroatoms. The molecule has 0 saturated carbocycles. The number of benzene rings is 4. The molecule has 4 aromatic rings. The first kappa shape index (κ1) is 29.4. The van der Waals surface area contributed by atoms with Crippen LogP contribution in [0.15, 0.2) is 157 Å². The van der Waals surface area contributed by atoms with E-state index in [1.54, 1.807) is 0 Å². The summed E-state index contributed by atoms with van der Waals surface area (Å²) >= 11 is 0. The van der Waals surface area contributed by atoms with Gasteiger partial charge in [0.25, 0.3) is 0 Å². The third-order valence-electron chi connectivity index (χ3n) is 5.97. The van der Waals surface area contributed by atoms with Gasteiger partial charge in [-0.15, -0.1) is 7.92 Å². The Balaban J connectivity index is 0.000000749. The molecule has 189 valence electrons. The van der Waals surface area contributed by atoms with Crippen molar-refractivity contribution in [1.82, 2.24) is 0 Å². The van der Waals surface area contributed by atoms with Gasteiger partial charge in [-0.25, -0.2) is 0 Å². The van der Waals surface area contributed by atoms with E-state index in [9.17, 15) is 0 Å². The molecule has 0 fully saturated rings. The molecule has 0 aromatic heterocycles. The monoisotopic (exact) mass is 549 g/mol. The summed E-state index contributed by atoms with van der Waals surface area (Å²) in [7, 11) is 0.380. The van der Waals surface area contributed by atoms with Crippen LogP contribution < -0.4 is 0 Å². The van der Waals surface area contributed by atoms with Gasteiger partial charge < -0.3 is 0 Å². The number of allylic oxidation sites excluding steroid dienone is 6. The average molecular weight is 550 g/mol. The van der Waals surface area contributed by atoms with Crippen molar-refractivity contribution in [3.05, 3.63) is 179 Å². The molecule has 4 aromatic carbocycles. The van der Waals surface area contributed by atoms with Crippen molar-refractivity contribution in [2.75, 3.05) is 20.0 Å². The Morgan fingerprint density at radius 1 is 0.579 bits per heavy atom. The normalized spacial score (nSPS) is 11.5. The molecular formula is C36H35PV. The Kier molecular flexibility index (Phi) is 11.9. The Labute approximate surface area is 242 Å². The van der Waals surface area contributed by atoms with E-state index in [0.717, 1.165) is 6.42 Å². The second-order valence-corrected chi connectivity index (χ2v) is 12.2. The van der Waals surface area contributed by atoms with Crippen molar-refractivity contribution in [2.45, 2.75) is 6.42 Å². The quantitative estimate of drug-likeness (QED) is 0.166. The number of rotatable bonds is 6. The van der Waals surface area contributed by atoms with Crippen LogP contribution in [0.5, 0.6) is 0 Å². The summed E-state index contributed by atoms with van der Waals surface area (Å²) in [5, 5.41) is 0. The number of hydrogen-bond donors (Lipinski definition) is 0. The molecule has 5 rings (SSSR count). The summed E-state index contributed by atoms with van der Waals surface area (Å²) in [5.41, 5.74) is 9.97. The van der Waals surface area contributed by atoms with Crippen molar-refractivity contribution in [3.8, 4) is 0 Å². The molecule has 38 heavy (non-hydrogen) atoms. The molecular weight excluding hydrogens is 514 g/mol. The molecule has 1 aliphatic rings. The van der Waals surface area contributed by atoms with Crippen molar-refractivity contribution >= 4 is 19.1 Å². The third-order valence-corrected chi connectivity index (χ3v) is 5.97. The van der Waals surface area contributed by atoms with Crippen LogP contribution in [0.2, 0.25) is 0 Å². The Hall–Kier alpha value is -3.15. The summed E-state index contributed by atoms with van der Waals surface area (Å²) in [6.07, 6.45) is 9.99. The smallest absolute Gasteiger partial charge is 0 e. The maximum Gasteiger partial charge on any atom is 0 e. The minimum absolute atomic E-state index is 0. The third kappa shape index (κ3) is 8.18. The van der Waals surface area contributed by atoms with Gasteiger partial charge in [0.2, 0.25) is 0 Å².